The van der Waals surface area contributed by atoms with Crippen molar-refractivity contribution in [1.82, 2.24) is 4.72 Å². The molecule has 0 saturated carbocycles. The average Bonchev–Trinajstić information content (AvgIpc) is 2.14. The van der Waals surface area contributed by atoms with Gasteiger partial charge in [-0.1, -0.05) is 17.7 Å². The van der Waals surface area contributed by atoms with E-state index in [0.717, 1.165) is 6.26 Å². The first-order valence-electron chi connectivity index (χ1n) is 4.62. The highest BCUT2D eigenvalue weighted by Gasteiger charge is 2.04. The Morgan fingerprint density at radius 2 is 2.06 bits per heavy atom. The number of nitrogens with two attached hydrogens (primary N) is 1. The van der Waals surface area contributed by atoms with Crippen LogP contribution in [0.15, 0.2) is 18.2 Å². The molecule has 5 nitrogen and oxygen atoms in total. The average molecular weight is 264 g/mol. The van der Waals surface area contributed by atoms with Gasteiger partial charge in [-0.05, 0) is 12.1 Å². The summed E-state index contributed by atoms with van der Waals surface area (Å²) in [7, 11) is -3.15. The highest BCUT2D eigenvalue weighted by molar-refractivity contribution is 7.88. The van der Waals surface area contributed by atoms with E-state index < -0.39 is 10.0 Å². The Morgan fingerprint density at radius 1 is 1.38 bits per heavy atom. The summed E-state index contributed by atoms with van der Waals surface area (Å²) >= 11 is 5.92. The van der Waals surface area contributed by atoms with E-state index in [4.69, 9.17) is 17.3 Å². The van der Waals surface area contributed by atoms with Gasteiger partial charge < -0.3 is 11.1 Å². The van der Waals surface area contributed by atoms with Gasteiger partial charge in [-0.25, -0.2) is 13.1 Å². The van der Waals surface area contributed by atoms with Crippen molar-refractivity contribution in [3.8, 4) is 0 Å². The summed E-state index contributed by atoms with van der Waals surface area (Å²) in [6.07, 6.45) is 1.11. The van der Waals surface area contributed by atoms with E-state index in [9.17, 15) is 8.42 Å². The first-order valence-corrected chi connectivity index (χ1v) is 6.89. The van der Waals surface area contributed by atoms with Crippen molar-refractivity contribution in [3.05, 3.63) is 23.2 Å². The van der Waals surface area contributed by atoms with E-state index in [1.807, 2.05) is 0 Å². The van der Waals surface area contributed by atoms with E-state index >= 15 is 0 Å². The summed E-state index contributed by atoms with van der Waals surface area (Å²) in [5.41, 5.74) is 6.86. The molecule has 16 heavy (non-hydrogen) atoms. The maximum Gasteiger partial charge on any atom is 0.208 e. The molecule has 1 rings (SSSR count). The molecule has 0 radical (unpaired) electrons. The van der Waals surface area contributed by atoms with Gasteiger partial charge >= 0.3 is 0 Å². The summed E-state index contributed by atoms with van der Waals surface area (Å²) in [4.78, 5) is 0. The second-order valence-electron chi connectivity index (χ2n) is 3.30. The van der Waals surface area contributed by atoms with E-state index in [-0.39, 0.29) is 6.54 Å². The molecule has 0 aromatic heterocycles. The van der Waals surface area contributed by atoms with Crippen LogP contribution in [0.25, 0.3) is 0 Å². The number of hydrogen-bond donors (Lipinski definition) is 3. The van der Waals surface area contributed by atoms with Gasteiger partial charge in [0.25, 0.3) is 0 Å². The highest BCUT2D eigenvalue weighted by Crippen LogP contribution is 2.27. The number of anilines is 2. The maximum absolute atomic E-state index is 10.8. The predicted molar refractivity (Wildman–Crippen MR) is 67.2 cm³/mol. The summed E-state index contributed by atoms with van der Waals surface area (Å²) in [6.45, 7) is 0.699. The summed E-state index contributed by atoms with van der Waals surface area (Å²) in [6, 6.07) is 5.18. The number of nitrogens with one attached hydrogen (secondary N) is 2. The molecule has 0 amide bonds. The molecule has 0 heterocycles. The molecule has 4 N–H and O–H groups in total. The van der Waals surface area contributed by atoms with Crippen molar-refractivity contribution in [1.29, 1.82) is 0 Å². The van der Waals surface area contributed by atoms with Crippen LogP contribution in [0.5, 0.6) is 0 Å². The standard InChI is InChI=1S/C9H14ClN3O2S/c1-16(14,15)13-6-5-12-9-7(10)3-2-4-8(9)11/h2-4,12-13H,5-6,11H2,1H3. The minimum atomic E-state index is -3.15. The second-order valence-corrected chi connectivity index (χ2v) is 5.54. The Labute approximate surface area is 100 Å². The second kappa shape index (κ2) is 5.38. The third kappa shape index (κ3) is 4.26. The molecule has 0 unspecified atom stereocenters. The molecule has 1 aromatic rings. The van der Waals surface area contributed by atoms with Gasteiger partial charge in [-0.2, -0.15) is 0 Å². The number of sulfonamides is 1. The lowest BCUT2D eigenvalue weighted by Gasteiger charge is -2.10. The van der Waals surface area contributed by atoms with E-state index in [2.05, 4.69) is 10.0 Å². The minimum Gasteiger partial charge on any atom is -0.397 e. The van der Waals surface area contributed by atoms with Crippen LogP contribution in [-0.4, -0.2) is 27.8 Å². The Balaban J connectivity index is 2.49. The molecule has 0 spiro atoms. The van der Waals surface area contributed by atoms with Crippen LogP contribution in [0, 0.1) is 0 Å². The SMILES string of the molecule is CS(=O)(=O)NCCNc1c(N)cccc1Cl. The van der Waals surface area contributed by atoms with Crippen LogP contribution >= 0.6 is 11.6 Å². The maximum atomic E-state index is 10.8. The fraction of sp³-hybridized carbons (Fsp3) is 0.333. The molecule has 90 valence electrons. The highest BCUT2D eigenvalue weighted by atomic mass is 35.5. The number of nitrogen functional groups attached to an aromatic ring is 1. The van der Waals surface area contributed by atoms with Gasteiger partial charge in [-0.15, -0.1) is 0 Å². The van der Waals surface area contributed by atoms with Gasteiger partial charge in [0.1, 0.15) is 0 Å². The van der Waals surface area contributed by atoms with Crippen molar-refractivity contribution >= 4 is 33.0 Å². The Hall–Kier alpha value is -0.980. The molecule has 0 fully saturated rings. The third-order valence-corrected chi connectivity index (χ3v) is 2.88. The lowest BCUT2D eigenvalue weighted by molar-refractivity contribution is 0.589. The van der Waals surface area contributed by atoms with Crippen molar-refractivity contribution in [2.45, 2.75) is 0 Å². The van der Waals surface area contributed by atoms with Gasteiger partial charge in [0.05, 0.1) is 22.7 Å². The van der Waals surface area contributed by atoms with Crippen molar-refractivity contribution in [2.24, 2.45) is 0 Å². The minimum absolute atomic E-state index is 0.281. The van der Waals surface area contributed by atoms with Crippen molar-refractivity contribution in [3.63, 3.8) is 0 Å². The van der Waals surface area contributed by atoms with Crippen LogP contribution in [0.4, 0.5) is 11.4 Å². The van der Waals surface area contributed by atoms with Gasteiger partial charge in [0.2, 0.25) is 10.0 Å². The molecule has 0 aliphatic heterocycles. The first-order chi connectivity index (χ1) is 7.40. The number of rotatable bonds is 5. The number of hydrogen-bond acceptors (Lipinski definition) is 4. The quantitative estimate of drug-likeness (QED) is 0.544. The number of benzene rings is 1. The summed E-state index contributed by atoms with van der Waals surface area (Å²) in [5.74, 6) is 0. The predicted octanol–water partition coefficient (Wildman–Crippen LogP) is 0.883. The van der Waals surface area contributed by atoms with Crippen LogP contribution in [0.2, 0.25) is 5.02 Å². The van der Waals surface area contributed by atoms with Crippen molar-refractivity contribution in [2.75, 3.05) is 30.4 Å². The Bertz CT molecular complexity index is 442. The van der Waals surface area contributed by atoms with Gasteiger partial charge in [0, 0.05) is 13.1 Å². The zero-order valence-electron chi connectivity index (χ0n) is 8.83. The van der Waals surface area contributed by atoms with Crippen LogP contribution < -0.4 is 15.8 Å². The molecule has 7 heteroatoms. The molecule has 0 aliphatic rings. The van der Waals surface area contributed by atoms with Gasteiger partial charge in [0.15, 0.2) is 0 Å². The lowest BCUT2D eigenvalue weighted by Crippen LogP contribution is -2.27. The summed E-state index contributed by atoms with van der Waals surface area (Å²) in [5, 5.41) is 3.48. The summed E-state index contributed by atoms with van der Waals surface area (Å²) < 4.78 is 23.9. The zero-order valence-corrected chi connectivity index (χ0v) is 10.4. The first kappa shape index (κ1) is 13.1. The van der Waals surface area contributed by atoms with Crippen molar-refractivity contribution < 1.29 is 8.42 Å². The van der Waals surface area contributed by atoms with E-state index in [1.165, 1.54) is 0 Å². The van der Waals surface area contributed by atoms with E-state index in [0.29, 0.717) is 22.9 Å². The number of halogens is 1. The Kier molecular flexibility index (Phi) is 4.40. The lowest BCUT2D eigenvalue weighted by atomic mass is 10.2. The normalized spacial score (nSPS) is 11.4. The molecule has 0 bridgehead atoms. The molecule has 0 saturated heterocycles. The largest absolute Gasteiger partial charge is 0.397 e. The third-order valence-electron chi connectivity index (χ3n) is 1.84. The van der Waals surface area contributed by atoms with Gasteiger partial charge in [-0.3, -0.25) is 0 Å². The smallest absolute Gasteiger partial charge is 0.208 e. The Morgan fingerprint density at radius 3 is 2.62 bits per heavy atom. The molecule has 1 aromatic carbocycles. The van der Waals surface area contributed by atoms with E-state index in [1.54, 1.807) is 18.2 Å². The molecule has 0 aliphatic carbocycles. The van der Waals surface area contributed by atoms with Crippen LogP contribution in [0.3, 0.4) is 0 Å². The zero-order chi connectivity index (χ0) is 12.2. The molecular formula is C9H14ClN3O2S. The van der Waals surface area contributed by atoms with Crippen LogP contribution in [-0.2, 0) is 10.0 Å². The molecule has 0 atom stereocenters. The van der Waals surface area contributed by atoms with Crippen LogP contribution in [0.1, 0.15) is 0 Å². The fourth-order valence-electron chi connectivity index (χ4n) is 1.15. The monoisotopic (exact) mass is 263 g/mol. The fourth-order valence-corrected chi connectivity index (χ4v) is 1.87. The molecular weight excluding hydrogens is 250 g/mol. The topological polar surface area (TPSA) is 84.2 Å². The number of para-hydroxylation sites is 1.